The highest BCUT2D eigenvalue weighted by atomic mass is 16.2. The fraction of sp³-hybridized carbons (Fsp3) is 0.526. The van der Waals surface area contributed by atoms with Gasteiger partial charge in [0.2, 0.25) is 11.9 Å². The molecule has 3 rings (SSSR count). The van der Waals surface area contributed by atoms with Gasteiger partial charge in [-0.25, -0.2) is 9.78 Å². The molecular formula is C19H27N5O2. The summed E-state index contributed by atoms with van der Waals surface area (Å²) in [6, 6.07) is 6.99. The monoisotopic (exact) mass is 357 g/mol. The van der Waals surface area contributed by atoms with E-state index < -0.39 is 6.04 Å². The molecule has 0 radical (unpaired) electrons. The average Bonchev–Trinajstić information content (AvgIpc) is 3.16. The van der Waals surface area contributed by atoms with E-state index in [2.05, 4.69) is 15.6 Å². The van der Waals surface area contributed by atoms with Gasteiger partial charge in [0.05, 0.1) is 11.0 Å². The van der Waals surface area contributed by atoms with Crippen LogP contribution in [-0.2, 0) is 11.3 Å². The van der Waals surface area contributed by atoms with E-state index in [4.69, 9.17) is 0 Å². The van der Waals surface area contributed by atoms with E-state index in [1.165, 1.54) is 0 Å². The van der Waals surface area contributed by atoms with Gasteiger partial charge in [-0.05, 0) is 24.0 Å². The van der Waals surface area contributed by atoms with Crippen molar-refractivity contribution in [1.82, 2.24) is 20.2 Å². The summed E-state index contributed by atoms with van der Waals surface area (Å²) in [4.78, 5) is 31.5. The van der Waals surface area contributed by atoms with Crippen LogP contribution in [0.1, 0.15) is 27.7 Å². The van der Waals surface area contributed by atoms with Crippen molar-refractivity contribution in [3.63, 3.8) is 0 Å². The van der Waals surface area contributed by atoms with Crippen molar-refractivity contribution in [1.29, 1.82) is 0 Å². The molecule has 26 heavy (non-hydrogen) atoms. The zero-order valence-corrected chi connectivity index (χ0v) is 15.8. The molecule has 2 N–H and O–H groups in total. The Morgan fingerprint density at radius 1 is 1.15 bits per heavy atom. The molecule has 0 aliphatic carbocycles. The van der Waals surface area contributed by atoms with E-state index in [0.717, 1.165) is 11.0 Å². The fourth-order valence-electron chi connectivity index (χ4n) is 3.14. The molecule has 0 bridgehead atoms. The Bertz CT molecular complexity index is 811. The number of rotatable bonds is 5. The Balaban J connectivity index is 1.74. The minimum atomic E-state index is -0.570. The number of hydrogen-bond donors (Lipinski definition) is 2. The third-order valence-electron chi connectivity index (χ3n) is 4.58. The first-order valence-corrected chi connectivity index (χ1v) is 9.19. The van der Waals surface area contributed by atoms with Crippen molar-refractivity contribution in [2.24, 2.45) is 11.8 Å². The Kier molecular flexibility index (Phi) is 5.15. The fourth-order valence-corrected chi connectivity index (χ4v) is 3.14. The first-order chi connectivity index (χ1) is 12.4. The molecule has 3 amide bonds. The summed E-state index contributed by atoms with van der Waals surface area (Å²) in [6.45, 7) is 9.79. The number of urea groups is 1. The number of amides is 3. The Morgan fingerprint density at radius 3 is 2.58 bits per heavy atom. The lowest BCUT2D eigenvalue weighted by atomic mass is 10.0. The second kappa shape index (κ2) is 7.35. The molecule has 1 aromatic carbocycles. The van der Waals surface area contributed by atoms with Crippen molar-refractivity contribution in [3.8, 4) is 0 Å². The van der Waals surface area contributed by atoms with Crippen molar-refractivity contribution in [3.05, 3.63) is 24.3 Å². The first kappa shape index (κ1) is 18.2. The van der Waals surface area contributed by atoms with Crippen LogP contribution >= 0.6 is 0 Å². The normalized spacial score (nSPS) is 14.8. The molecule has 1 aliphatic heterocycles. The van der Waals surface area contributed by atoms with Crippen LogP contribution in [0.5, 0.6) is 0 Å². The van der Waals surface area contributed by atoms with Crippen molar-refractivity contribution in [2.45, 2.75) is 40.3 Å². The van der Waals surface area contributed by atoms with Gasteiger partial charge in [-0.1, -0.05) is 39.8 Å². The number of aromatic nitrogens is 2. The number of fused-ring (bicyclic) bond motifs is 3. The predicted octanol–water partition coefficient (Wildman–Crippen LogP) is 2.36. The van der Waals surface area contributed by atoms with Gasteiger partial charge in [0.1, 0.15) is 6.04 Å². The predicted molar refractivity (Wildman–Crippen MR) is 102 cm³/mol. The third kappa shape index (κ3) is 3.52. The lowest BCUT2D eigenvalue weighted by Crippen LogP contribution is -2.53. The summed E-state index contributed by atoms with van der Waals surface area (Å²) >= 11 is 0. The molecule has 2 heterocycles. The number of carbonyl (C=O) groups is 2. The van der Waals surface area contributed by atoms with Crippen LogP contribution in [-0.4, -0.2) is 40.6 Å². The van der Waals surface area contributed by atoms with Gasteiger partial charge in [-0.15, -0.1) is 0 Å². The summed E-state index contributed by atoms with van der Waals surface area (Å²) in [5.74, 6) is 0.844. The van der Waals surface area contributed by atoms with Crippen LogP contribution in [0.4, 0.5) is 10.7 Å². The molecule has 1 aromatic heterocycles. The number of anilines is 1. The van der Waals surface area contributed by atoms with Crippen molar-refractivity contribution < 1.29 is 9.59 Å². The largest absolute Gasteiger partial charge is 0.354 e. The van der Waals surface area contributed by atoms with Gasteiger partial charge >= 0.3 is 6.03 Å². The van der Waals surface area contributed by atoms with Crippen LogP contribution in [0.25, 0.3) is 11.0 Å². The number of nitrogens with one attached hydrogen (secondary N) is 2. The number of nitrogens with zero attached hydrogens (tertiary/aromatic N) is 3. The highest BCUT2D eigenvalue weighted by Gasteiger charge is 2.32. The van der Waals surface area contributed by atoms with Crippen LogP contribution in [0.15, 0.2) is 24.3 Å². The summed E-state index contributed by atoms with van der Waals surface area (Å²) in [7, 11) is 0. The van der Waals surface area contributed by atoms with Crippen LogP contribution in [0, 0.1) is 11.8 Å². The maximum Gasteiger partial charge on any atom is 0.324 e. The smallest absolute Gasteiger partial charge is 0.324 e. The molecule has 0 fully saturated rings. The molecule has 1 aliphatic rings. The molecule has 0 saturated heterocycles. The Morgan fingerprint density at radius 2 is 1.88 bits per heavy atom. The topological polar surface area (TPSA) is 79.3 Å². The van der Waals surface area contributed by atoms with E-state index in [1.807, 2.05) is 56.5 Å². The minimum absolute atomic E-state index is 0.00691. The second-order valence-electron chi connectivity index (χ2n) is 7.51. The zero-order valence-electron chi connectivity index (χ0n) is 15.8. The second-order valence-corrected chi connectivity index (χ2v) is 7.51. The van der Waals surface area contributed by atoms with E-state index in [0.29, 0.717) is 31.5 Å². The van der Waals surface area contributed by atoms with E-state index in [-0.39, 0.29) is 17.9 Å². The number of carbonyl (C=O) groups excluding carboxylic acids is 2. The molecule has 7 nitrogen and oxygen atoms in total. The van der Waals surface area contributed by atoms with E-state index in [9.17, 15) is 9.59 Å². The Labute approximate surface area is 153 Å². The Hall–Kier alpha value is -2.57. The molecule has 0 spiro atoms. The van der Waals surface area contributed by atoms with Crippen LogP contribution < -0.4 is 15.5 Å². The molecule has 1 atom stereocenters. The van der Waals surface area contributed by atoms with Gasteiger partial charge in [-0.3, -0.25) is 9.69 Å². The minimum Gasteiger partial charge on any atom is -0.354 e. The van der Waals surface area contributed by atoms with Crippen LogP contribution in [0.3, 0.4) is 0 Å². The van der Waals surface area contributed by atoms with E-state index in [1.54, 1.807) is 4.90 Å². The van der Waals surface area contributed by atoms with Gasteiger partial charge in [0.25, 0.3) is 0 Å². The third-order valence-corrected chi connectivity index (χ3v) is 4.58. The maximum absolute atomic E-state index is 12.8. The number of hydrogen-bond acceptors (Lipinski definition) is 3. The number of imidazole rings is 1. The van der Waals surface area contributed by atoms with E-state index >= 15 is 0 Å². The van der Waals surface area contributed by atoms with Gasteiger partial charge in [0.15, 0.2) is 0 Å². The van der Waals surface area contributed by atoms with Crippen molar-refractivity contribution in [2.75, 3.05) is 18.0 Å². The van der Waals surface area contributed by atoms with Crippen LogP contribution in [0.2, 0.25) is 0 Å². The lowest BCUT2D eigenvalue weighted by molar-refractivity contribution is -0.124. The lowest BCUT2D eigenvalue weighted by Gasteiger charge is -2.24. The highest BCUT2D eigenvalue weighted by molar-refractivity contribution is 5.96. The zero-order chi connectivity index (χ0) is 18.8. The quantitative estimate of drug-likeness (QED) is 0.862. The molecule has 2 aromatic rings. The molecule has 0 saturated carbocycles. The molecule has 1 unspecified atom stereocenters. The molecule has 140 valence electrons. The number of benzene rings is 1. The maximum atomic E-state index is 12.8. The standard InChI is InChI=1S/C19H27N5O2/c1-12(2)11-20-17(25)16(13(3)4)22-19(26)24-10-9-23-15-8-6-5-7-14(15)21-18(23)24/h5-8,12-13,16H,9-11H2,1-4H3,(H,20,25)(H,22,26). The highest BCUT2D eigenvalue weighted by Crippen LogP contribution is 2.27. The summed E-state index contributed by atoms with van der Waals surface area (Å²) < 4.78 is 2.04. The van der Waals surface area contributed by atoms with Gasteiger partial charge in [-0.2, -0.15) is 0 Å². The van der Waals surface area contributed by atoms with Gasteiger partial charge in [0, 0.05) is 19.6 Å². The SMILES string of the molecule is CC(C)CNC(=O)C(NC(=O)N1CCn2c1nc1ccccc12)C(C)C. The average molecular weight is 357 g/mol. The first-order valence-electron chi connectivity index (χ1n) is 9.19. The number of para-hydroxylation sites is 2. The molecular weight excluding hydrogens is 330 g/mol. The summed E-state index contributed by atoms with van der Waals surface area (Å²) in [6.07, 6.45) is 0. The van der Waals surface area contributed by atoms with Crippen molar-refractivity contribution >= 4 is 28.9 Å². The van der Waals surface area contributed by atoms with Gasteiger partial charge < -0.3 is 15.2 Å². The summed E-state index contributed by atoms with van der Waals surface area (Å²) in [5, 5.41) is 5.80. The molecule has 7 heteroatoms. The summed E-state index contributed by atoms with van der Waals surface area (Å²) in [5.41, 5.74) is 1.89.